The number of hydrogen-bond donors (Lipinski definition) is 1. The van der Waals surface area contributed by atoms with E-state index in [4.69, 9.17) is 16.3 Å². The van der Waals surface area contributed by atoms with Gasteiger partial charge in [0.2, 0.25) is 10.0 Å². The fourth-order valence-corrected chi connectivity index (χ4v) is 5.10. The van der Waals surface area contributed by atoms with Crippen molar-refractivity contribution in [2.45, 2.75) is 30.6 Å². The normalized spacial score (nSPS) is 19.4. The number of sulfonamides is 1. The Hall–Kier alpha value is -1.57. The molecule has 6 nitrogen and oxygen atoms in total. The molecule has 1 aromatic heterocycles. The SMILES string of the molecule is COc1ccc(Cl)cc1S(=O)(=O)N1CCCC(c2[nH]ncc2C)C1. The van der Waals surface area contributed by atoms with E-state index in [2.05, 4.69) is 10.2 Å². The molecule has 1 aliphatic heterocycles. The molecule has 0 bridgehead atoms. The Balaban J connectivity index is 1.93. The number of aromatic nitrogens is 2. The molecular formula is C16H20ClN3O3S. The number of ether oxygens (including phenoxy) is 1. The maximum Gasteiger partial charge on any atom is 0.246 e. The lowest BCUT2D eigenvalue weighted by Gasteiger charge is -2.32. The van der Waals surface area contributed by atoms with Gasteiger partial charge in [0, 0.05) is 29.7 Å². The zero-order valence-corrected chi connectivity index (χ0v) is 15.2. The smallest absolute Gasteiger partial charge is 0.246 e. The molecule has 0 aliphatic carbocycles. The summed E-state index contributed by atoms with van der Waals surface area (Å²) in [5.41, 5.74) is 2.06. The van der Waals surface area contributed by atoms with Gasteiger partial charge in [0.1, 0.15) is 10.6 Å². The number of nitrogens with one attached hydrogen (secondary N) is 1. The molecule has 2 aromatic rings. The molecule has 2 heterocycles. The van der Waals surface area contributed by atoms with E-state index in [0.717, 1.165) is 24.1 Å². The molecule has 0 saturated carbocycles. The summed E-state index contributed by atoms with van der Waals surface area (Å²) in [5, 5.41) is 7.42. The van der Waals surface area contributed by atoms with Crippen molar-refractivity contribution >= 4 is 21.6 Å². The Morgan fingerprint density at radius 1 is 1.42 bits per heavy atom. The third-order valence-electron chi connectivity index (χ3n) is 4.40. The van der Waals surface area contributed by atoms with Gasteiger partial charge in [0.15, 0.2) is 0 Å². The van der Waals surface area contributed by atoms with Gasteiger partial charge >= 0.3 is 0 Å². The summed E-state index contributed by atoms with van der Waals surface area (Å²) in [7, 11) is -2.22. The minimum atomic E-state index is -3.67. The summed E-state index contributed by atoms with van der Waals surface area (Å²) >= 11 is 6.00. The summed E-state index contributed by atoms with van der Waals surface area (Å²) in [5.74, 6) is 0.417. The summed E-state index contributed by atoms with van der Waals surface area (Å²) in [6.07, 6.45) is 3.50. The molecule has 1 fully saturated rings. The van der Waals surface area contributed by atoms with E-state index in [1.165, 1.54) is 17.5 Å². The van der Waals surface area contributed by atoms with Crippen molar-refractivity contribution in [3.63, 3.8) is 0 Å². The number of nitrogens with zero attached hydrogens (tertiary/aromatic N) is 2. The Morgan fingerprint density at radius 2 is 2.21 bits per heavy atom. The Kier molecular flexibility index (Phi) is 4.85. The van der Waals surface area contributed by atoms with Crippen LogP contribution in [0.2, 0.25) is 5.02 Å². The van der Waals surface area contributed by atoms with Gasteiger partial charge in [-0.05, 0) is 43.5 Å². The van der Waals surface area contributed by atoms with Crippen molar-refractivity contribution in [2.24, 2.45) is 0 Å². The number of rotatable bonds is 4. The minimum absolute atomic E-state index is 0.111. The van der Waals surface area contributed by atoms with E-state index >= 15 is 0 Å². The van der Waals surface area contributed by atoms with E-state index in [1.54, 1.807) is 18.3 Å². The van der Waals surface area contributed by atoms with Gasteiger partial charge in [-0.1, -0.05) is 11.6 Å². The van der Waals surface area contributed by atoms with Crippen LogP contribution in [0.5, 0.6) is 5.75 Å². The number of methoxy groups -OCH3 is 1. The molecule has 1 N–H and O–H groups in total. The highest BCUT2D eigenvalue weighted by atomic mass is 35.5. The maximum absolute atomic E-state index is 13.1. The van der Waals surface area contributed by atoms with Crippen LogP contribution in [0.3, 0.4) is 0 Å². The first-order valence-corrected chi connectivity index (χ1v) is 9.59. The number of halogens is 1. The van der Waals surface area contributed by atoms with Crippen LogP contribution in [0.25, 0.3) is 0 Å². The molecule has 8 heteroatoms. The predicted molar refractivity (Wildman–Crippen MR) is 92.1 cm³/mol. The highest BCUT2D eigenvalue weighted by Gasteiger charge is 2.33. The summed E-state index contributed by atoms with van der Waals surface area (Å²) in [4.78, 5) is 0.111. The molecule has 0 amide bonds. The summed E-state index contributed by atoms with van der Waals surface area (Å²) < 4.78 is 32.9. The van der Waals surface area contributed by atoms with E-state index in [9.17, 15) is 8.42 Å². The van der Waals surface area contributed by atoms with E-state index in [0.29, 0.717) is 23.9 Å². The highest BCUT2D eigenvalue weighted by molar-refractivity contribution is 7.89. The van der Waals surface area contributed by atoms with E-state index in [-0.39, 0.29) is 10.8 Å². The Morgan fingerprint density at radius 3 is 2.88 bits per heavy atom. The van der Waals surface area contributed by atoms with Gasteiger partial charge in [-0.2, -0.15) is 9.40 Å². The van der Waals surface area contributed by atoms with Gasteiger partial charge in [-0.25, -0.2) is 8.42 Å². The fourth-order valence-electron chi connectivity index (χ4n) is 3.16. The molecule has 1 aliphatic rings. The second-order valence-corrected chi connectivity index (χ2v) is 8.31. The van der Waals surface area contributed by atoms with Crippen LogP contribution in [0.1, 0.15) is 30.0 Å². The van der Waals surface area contributed by atoms with Crippen LogP contribution in [0, 0.1) is 6.92 Å². The lowest BCUT2D eigenvalue weighted by atomic mass is 9.94. The standard InChI is InChI=1S/C16H20ClN3O3S/c1-11-9-18-19-16(11)12-4-3-7-20(10-12)24(21,22)15-8-13(17)5-6-14(15)23-2/h5-6,8-9,12H,3-4,7,10H2,1-2H3,(H,18,19). The van der Waals surface area contributed by atoms with Crippen LogP contribution < -0.4 is 4.74 Å². The van der Waals surface area contributed by atoms with Crippen molar-refractivity contribution in [2.75, 3.05) is 20.2 Å². The van der Waals surface area contributed by atoms with E-state index < -0.39 is 10.0 Å². The second kappa shape index (κ2) is 6.74. The van der Waals surface area contributed by atoms with Crippen molar-refractivity contribution in [3.05, 3.63) is 40.7 Å². The van der Waals surface area contributed by atoms with Crippen molar-refractivity contribution < 1.29 is 13.2 Å². The molecular weight excluding hydrogens is 350 g/mol. The zero-order chi connectivity index (χ0) is 17.3. The molecule has 130 valence electrons. The number of H-pyrrole nitrogens is 1. The molecule has 1 saturated heterocycles. The van der Waals surface area contributed by atoms with Crippen LogP contribution in [-0.4, -0.2) is 43.1 Å². The molecule has 1 atom stereocenters. The van der Waals surface area contributed by atoms with Gasteiger partial charge < -0.3 is 4.74 Å². The number of aryl methyl sites for hydroxylation is 1. The fraction of sp³-hybridized carbons (Fsp3) is 0.438. The van der Waals surface area contributed by atoms with Crippen LogP contribution in [0.15, 0.2) is 29.3 Å². The Labute approximate surface area is 146 Å². The number of hydrogen-bond acceptors (Lipinski definition) is 4. The minimum Gasteiger partial charge on any atom is -0.495 e. The highest BCUT2D eigenvalue weighted by Crippen LogP contribution is 2.34. The van der Waals surface area contributed by atoms with Gasteiger partial charge in [0.25, 0.3) is 0 Å². The van der Waals surface area contributed by atoms with Crippen molar-refractivity contribution in [3.8, 4) is 5.75 Å². The first-order chi connectivity index (χ1) is 11.4. The Bertz CT molecular complexity index is 835. The average Bonchev–Trinajstić information content (AvgIpc) is 3.01. The molecule has 3 rings (SSSR count). The van der Waals surface area contributed by atoms with Crippen molar-refractivity contribution in [1.82, 2.24) is 14.5 Å². The summed E-state index contributed by atoms with van der Waals surface area (Å²) in [6, 6.07) is 4.64. The topological polar surface area (TPSA) is 75.3 Å². The van der Waals surface area contributed by atoms with E-state index in [1.807, 2.05) is 6.92 Å². The number of benzene rings is 1. The molecule has 0 radical (unpaired) electrons. The average molecular weight is 370 g/mol. The van der Waals surface area contributed by atoms with Crippen LogP contribution >= 0.6 is 11.6 Å². The lowest BCUT2D eigenvalue weighted by molar-refractivity contribution is 0.310. The van der Waals surface area contributed by atoms with Gasteiger partial charge in [-0.15, -0.1) is 0 Å². The maximum atomic E-state index is 13.1. The first-order valence-electron chi connectivity index (χ1n) is 7.77. The van der Waals surface area contributed by atoms with Gasteiger partial charge in [-0.3, -0.25) is 5.10 Å². The zero-order valence-electron chi connectivity index (χ0n) is 13.6. The van der Waals surface area contributed by atoms with Gasteiger partial charge in [0.05, 0.1) is 13.3 Å². The first kappa shape index (κ1) is 17.3. The molecule has 24 heavy (non-hydrogen) atoms. The largest absolute Gasteiger partial charge is 0.495 e. The molecule has 1 aromatic carbocycles. The van der Waals surface area contributed by atoms with Crippen molar-refractivity contribution in [1.29, 1.82) is 0 Å². The second-order valence-electron chi connectivity index (χ2n) is 5.96. The molecule has 1 unspecified atom stereocenters. The molecule has 0 spiro atoms. The number of piperidine rings is 1. The third-order valence-corrected chi connectivity index (χ3v) is 6.53. The third kappa shape index (κ3) is 3.16. The monoisotopic (exact) mass is 369 g/mol. The number of aromatic amines is 1. The predicted octanol–water partition coefficient (Wildman–Crippen LogP) is 2.95. The lowest BCUT2D eigenvalue weighted by Crippen LogP contribution is -2.39. The summed E-state index contributed by atoms with van der Waals surface area (Å²) in [6.45, 7) is 2.88. The quantitative estimate of drug-likeness (QED) is 0.899. The van der Waals surface area contributed by atoms with Crippen LogP contribution in [0.4, 0.5) is 0 Å². The van der Waals surface area contributed by atoms with Crippen LogP contribution in [-0.2, 0) is 10.0 Å².